The van der Waals surface area contributed by atoms with Gasteiger partial charge in [-0.15, -0.1) is 0 Å². The highest BCUT2D eigenvalue weighted by atomic mass is 32.2. The molecule has 94 valence electrons. The first-order valence-corrected chi connectivity index (χ1v) is 7.46. The van der Waals surface area contributed by atoms with Crippen molar-refractivity contribution in [2.75, 3.05) is 5.75 Å². The maximum absolute atomic E-state index is 12.2. The first-order valence-electron chi connectivity index (χ1n) is 6.52. The Labute approximate surface area is 108 Å². The SMILES string of the molecule is C=C(C)C(=O)N1SC[C@]23CC[C@H](C[C@@H]12)C3(C)C. The fraction of sp³-hybridized carbons (Fsp3) is 0.786. The van der Waals surface area contributed by atoms with Crippen molar-refractivity contribution in [2.24, 2.45) is 16.7 Å². The Morgan fingerprint density at radius 3 is 2.76 bits per heavy atom. The van der Waals surface area contributed by atoms with Crippen LogP contribution in [0.15, 0.2) is 12.2 Å². The van der Waals surface area contributed by atoms with Crippen molar-refractivity contribution in [3.8, 4) is 0 Å². The molecule has 1 heterocycles. The molecule has 3 fully saturated rings. The summed E-state index contributed by atoms with van der Waals surface area (Å²) in [5.74, 6) is 2.09. The van der Waals surface area contributed by atoms with Crippen LogP contribution in [0.1, 0.15) is 40.0 Å². The predicted molar refractivity (Wildman–Crippen MR) is 71.5 cm³/mol. The minimum atomic E-state index is 0.153. The lowest BCUT2D eigenvalue weighted by atomic mass is 9.69. The summed E-state index contributed by atoms with van der Waals surface area (Å²) in [4.78, 5) is 12.2. The van der Waals surface area contributed by atoms with Crippen LogP contribution in [0.2, 0.25) is 0 Å². The van der Waals surface area contributed by atoms with Gasteiger partial charge in [0.1, 0.15) is 0 Å². The van der Waals surface area contributed by atoms with E-state index in [1.165, 1.54) is 19.3 Å². The topological polar surface area (TPSA) is 20.3 Å². The number of fused-ring (bicyclic) bond motifs is 1. The standard InChI is InChI=1S/C14H21NOS/c1-9(2)12(16)15-11-7-10-5-6-14(11,8-17-15)13(10,3)4/h10-11H,1,5-8H2,2-4H3/t10-,11-,14-/m1/s1. The van der Waals surface area contributed by atoms with Gasteiger partial charge in [0.15, 0.2) is 0 Å². The van der Waals surface area contributed by atoms with E-state index >= 15 is 0 Å². The molecule has 0 aromatic heterocycles. The minimum absolute atomic E-state index is 0.153. The zero-order valence-corrected chi connectivity index (χ0v) is 11.8. The zero-order chi connectivity index (χ0) is 12.4. The molecule has 2 nitrogen and oxygen atoms in total. The maximum atomic E-state index is 12.2. The first-order chi connectivity index (χ1) is 7.90. The molecule has 0 N–H and O–H groups in total. The number of carbonyl (C=O) groups excluding carboxylic acids is 1. The van der Waals surface area contributed by atoms with Gasteiger partial charge in [0.05, 0.1) is 6.04 Å². The maximum Gasteiger partial charge on any atom is 0.259 e. The molecule has 3 atom stereocenters. The van der Waals surface area contributed by atoms with Crippen molar-refractivity contribution in [2.45, 2.75) is 46.1 Å². The summed E-state index contributed by atoms with van der Waals surface area (Å²) in [6, 6.07) is 0.463. The second-order valence-corrected chi connectivity index (χ2v) is 7.49. The van der Waals surface area contributed by atoms with E-state index in [1.54, 1.807) is 11.9 Å². The molecule has 1 amide bonds. The third-order valence-corrected chi connectivity index (χ3v) is 7.04. The second-order valence-electron chi connectivity index (χ2n) is 6.55. The summed E-state index contributed by atoms with van der Waals surface area (Å²) in [5.41, 5.74) is 1.47. The fourth-order valence-electron chi connectivity index (χ4n) is 4.36. The molecule has 3 rings (SSSR count). The number of nitrogens with zero attached hydrogens (tertiary/aromatic N) is 1. The summed E-state index contributed by atoms with van der Waals surface area (Å²) < 4.78 is 2.04. The average molecular weight is 251 g/mol. The van der Waals surface area contributed by atoms with Crippen LogP contribution in [-0.2, 0) is 4.79 Å². The van der Waals surface area contributed by atoms with Gasteiger partial charge in [-0.25, -0.2) is 0 Å². The second kappa shape index (κ2) is 3.31. The Bertz CT molecular complexity index is 403. The molecule has 0 aromatic carbocycles. The molecular weight excluding hydrogens is 230 g/mol. The van der Waals surface area contributed by atoms with Gasteiger partial charge in [-0.1, -0.05) is 20.4 Å². The van der Waals surface area contributed by atoms with Crippen molar-refractivity contribution in [3.63, 3.8) is 0 Å². The number of carbonyl (C=O) groups is 1. The molecule has 1 aliphatic heterocycles. The number of hydrogen-bond donors (Lipinski definition) is 0. The van der Waals surface area contributed by atoms with Crippen LogP contribution in [0.4, 0.5) is 0 Å². The molecule has 17 heavy (non-hydrogen) atoms. The molecule has 0 unspecified atom stereocenters. The van der Waals surface area contributed by atoms with Crippen LogP contribution < -0.4 is 0 Å². The van der Waals surface area contributed by atoms with Crippen LogP contribution in [-0.4, -0.2) is 22.0 Å². The highest BCUT2D eigenvalue weighted by Gasteiger charge is 2.68. The van der Waals surface area contributed by atoms with Crippen LogP contribution in [0.5, 0.6) is 0 Å². The molecule has 3 aliphatic rings. The normalized spacial score (nSPS) is 41.7. The van der Waals surface area contributed by atoms with E-state index in [-0.39, 0.29) is 5.91 Å². The highest BCUT2D eigenvalue weighted by molar-refractivity contribution is 7.97. The largest absolute Gasteiger partial charge is 0.279 e. The van der Waals surface area contributed by atoms with Crippen LogP contribution in [0.3, 0.4) is 0 Å². The Kier molecular flexibility index (Phi) is 2.27. The molecule has 2 aliphatic carbocycles. The van der Waals surface area contributed by atoms with Gasteiger partial charge < -0.3 is 0 Å². The molecule has 1 spiro atoms. The highest BCUT2D eigenvalue weighted by Crippen LogP contribution is 2.71. The Hall–Kier alpha value is -0.440. The van der Waals surface area contributed by atoms with Crippen LogP contribution in [0.25, 0.3) is 0 Å². The first kappa shape index (κ1) is 11.6. The van der Waals surface area contributed by atoms with Crippen molar-refractivity contribution in [1.82, 2.24) is 4.31 Å². The van der Waals surface area contributed by atoms with Gasteiger partial charge in [0.25, 0.3) is 5.91 Å². The third-order valence-electron chi connectivity index (χ3n) is 5.70. The average Bonchev–Trinajstić information content (AvgIpc) is 2.83. The Morgan fingerprint density at radius 1 is 1.47 bits per heavy atom. The Morgan fingerprint density at radius 2 is 2.18 bits per heavy atom. The number of amides is 1. The molecular formula is C14H21NOS. The number of rotatable bonds is 1. The van der Waals surface area contributed by atoms with E-state index in [1.807, 2.05) is 11.2 Å². The summed E-state index contributed by atoms with van der Waals surface area (Å²) in [6.07, 6.45) is 3.88. The summed E-state index contributed by atoms with van der Waals surface area (Å²) in [6.45, 7) is 10.5. The third kappa shape index (κ3) is 1.21. The van der Waals surface area contributed by atoms with E-state index in [0.717, 1.165) is 11.7 Å². The van der Waals surface area contributed by atoms with E-state index in [0.29, 0.717) is 22.4 Å². The van der Waals surface area contributed by atoms with Crippen molar-refractivity contribution in [1.29, 1.82) is 0 Å². The monoisotopic (exact) mass is 251 g/mol. The lowest BCUT2D eigenvalue weighted by molar-refractivity contribution is -0.124. The smallest absolute Gasteiger partial charge is 0.259 e. The van der Waals surface area contributed by atoms with Crippen molar-refractivity contribution < 1.29 is 4.79 Å². The van der Waals surface area contributed by atoms with Gasteiger partial charge >= 0.3 is 0 Å². The molecule has 1 saturated heterocycles. The summed E-state index contributed by atoms with van der Waals surface area (Å²) in [7, 11) is 0. The predicted octanol–water partition coefficient (Wildman–Crippen LogP) is 3.25. The van der Waals surface area contributed by atoms with Gasteiger partial charge in [-0.3, -0.25) is 9.10 Å². The quantitative estimate of drug-likeness (QED) is 0.527. The molecule has 2 bridgehead atoms. The molecule has 0 aromatic rings. The molecule has 0 radical (unpaired) electrons. The minimum Gasteiger partial charge on any atom is -0.279 e. The van der Waals surface area contributed by atoms with Crippen molar-refractivity contribution in [3.05, 3.63) is 12.2 Å². The number of hydrogen-bond acceptors (Lipinski definition) is 2. The molecule has 3 heteroatoms. The summed E-state index contributed by atoms with van der Waals surface area (Å²) in [5, 5.41) is 0. The van der Waals surface area contributed by atoms with Gasteiger partial charge in [0, 0.05) is 16.7 Å². The fourth-order valence-corrected chi connectivity index (χ4v) is 6.18. The van der Waals surface area contributed by atoms with Gasteiger partial charge in [-0.2, -0.15) is 0 Å². The lowest BCUT2D eigenvalue weighted by Crippen LogP contribution is -2.43. The summed E-state index contributed by atoms with van der Waals surface area (Å²) >= 11 is 1.75. The molecule has 2 saturated carbocycles. The van der Waals surface area contributed by atoms with Gasteiger partial charge in [-0.05, 0) is 49.5 Å². The zero-order valence-electron chi connectivity index (χ0n) is 11.0. The van der Waals surface area contributed by atoms with E-state index < -0.39 is 0 Å². The van der Waals surface area contributed by atoms with Gasteiger partial charge in [0.2, 0.25) is 0 Å². The van der Waals surface area contributed by atoms with Crippen molar-refractivity contribution >= 4 is 17.9 Å². The lowest BCUT2D eigenvalue weighted by Gasteiger charge is -2.37. The van der Waals surface area contributed by atoms with E-state index in [2.05, 4.69) is 20.4 Å². The Balaban J connectivity index is 1.94. The van der Waals surface area contributed by atoms with E-state index in [9.17, 15) is 4.79 Å². The van der Waals surface area contributed by atoms with E-state index in [4.69, 9.17) is 0 Å². The van der Waals surface area contributed by atoms with Crippen LogP contribution >= 0.6 is 11.9 Å². The van der Waals surface area contributed by atoms with Crippen LogP contribution in [0, 0.1) is 16.7 Å².